The van der Waals surface area contributed by atoms with Crippen molar-refractivity contribution in [3.63, 3.8) is 0 Å². The third-order valence-corrected chi connectivity index (χ3v) is 3.24. The Balaban J connectivity index is 2.40. The molecule has 2 rings (SSSR count). The van der Waals surface area contributed by atoms with Crippen molar-refractivity contribution >= 4 is 11.9 Å². The Hall–Kier alpha value is -2.93. The quantitative estimate of drug-likeness (QED) is 0.488. The van der Waals surface area contributed by atoms with Crippen LogP contribution in [0.2, 0.25) is 0 Å². The summed E-state index contributed by atoms with van der Waals surface area (Å²) in [5, 5.41) is 9.22. The Labute approximate surface area is 128 Å². The molecule has 4 heteroatoms. The second-order valence-electron chi connectivity index (χ2n) is 4.71. The fraction of sp³-hybridized carbons (Fsp3) is 0.111. The molecule has 0 fully saturated rings. The largest absolute Gasteiger partial charge is 0.494 e. The van der Waals surface area contributed by atoms with E-state index in [0.29, 0.717) is 11.1 Å². The Kier molecular flexibility index (Phi) is 4.70. The molecule has 0 saturated heterocycles. The molecule has 0 aliphatic heterocycles. The maximum Gasteiger partial charge on any atom is 0.203 e. The molecule has 0 unspecified atom stereocenters. The van der Waals surface area contributed by atoms with Crippen LogP contribution in [0, 0.1) is 24.1 Å². The summed E-state index contributed by atoms with van der Waals surface area (Å²) < 4.78 is 18.5. The van der Waals surface area contributed by atoms with Crippen LogP contribution in [0.15, 0.2) is 48.0 Å². The summed E-state index contributed by atoms with van der Waals surface area (Å²) in [6, 6.07) is 13.2. The van der Waals surface area contributed by atoms with Gasteiger partial charge in [0.15, 0.2) is 11.6 Å². The number of hydrogen-bond acceptors (Lipinski definition) is 3. The van der Waals surface area contributed by atoms with E-state index in [-0.39, 0.29) is 17.1 Å². The predicted molar refractivity (Wildman–Crippen MR) is 82.1 cm³/mol. The highest BCUT2D eigenvalue weighted by Gasteiger charge is 2.14. The first kappa shape index (κ1) is 15.5. The number of aryl methyl sites for hydroxylation is 1. The van der Waals surface area contributed by atoms with E-state index in [9.17, 15) is 14.4 Å². The van der Waals surface area contributed by atoms with Crippen LogP contribution in [0.1, 0.15) is 21.5 Å². The lowest BCUT2D eigenvalue weighted by Gasteiger charge is -2.05. The molecule has 0 bridgehead atoms. The summed E-state index contributed by atoms with van der Waals surface area (Å²) in [4.78, 5) is 12.4. The molecule has 0 amide bonds. The van der Waals surface area contributed by atoms with Gasteiger partial charge in [0.05, 0.1) is 7.11 Å². The van der Waals surface area contributed by atoms with Crippen molar-refractivity contribution in [2.24, 2.45) is 0 Å². The molecule has 0 aromatic heterocycles. The van der Waals surface area contributed by atoms with Gasteiger partial charge >= 0.3 is 0 Å². The summed E-state index contributed by atoms with van der Waals surface area (Å²) in [5.41, 5.74) is 1.63. The van der Waals surface area contributed by atoms with E-state index in [1.54, 1.807) is 31.2 Å². The topological polar surface area (TPSA) is 50.1 Å². The predicted octanol–water partition coefficient (Wildman–Crippen LogP) is 3.93. The number of carbonyl (C=O) groups is 1. The SMILES string of the molecule is COc1ccc(/C=C(\C#N)C(=O)c2ccccc2C)cc1F. The summed E-state index contributed by atoms with van der Waals surface area (Å²) in [6.07, 6.45) is 1.37. The number of ketones is 1. The molecular weight excluding hydrogens is 281 g/mol. The maximum absolute atomic E-state index is 13.7. The van der Waals surface area contributed by atoms with Crippen LogP contribution in [0.4, 0.5) is 4.39 Å². The van der Waals surface area contributed by atoms with Gasteiger partial charge in [0.25, 0.3) is 0 Å². The number of benzene rings is 2. The van der Waals surface area contributed by atoms with E-state index in [2.05, 4.69) is 0 Å². The van der Waals surface area contributed by atoms with Gasteiger partial charge in [-0.2, -0.15) is 5.26 Å². The van der Waals surface area contributed by atoms with Crippen molar-refractivity contribution in [2.45, 2.75) is 6.92 Å². The third-order valence-electron chi connectivity index (χ3n) is 3.24. The molecule has 0 saturated carbocycles. The van der Waals surface area contributed by atoms with Crippen molar-refractivity contribution in [1.82, 2.24) is 0 Å². The fourth-order valence-corrected chi connectivity index (χ4v) is 2.06. The highest BCUT2D eigenvalue weighted by molar-refractivity contribution is 6.14. The highest BCUT2D eigenvalue weighted by Crippen LogP contribution is 2.20. The first-order chi connectivity index (χ1) is 10.6. The Morgan fingerprint density at radius 2 is 2.00 bits per heavy atom. The normalized spacial score (nSPS) is 10.9. The molecule has 0 radical (unpaired) electrons. The minimum atomic E-state index is -0.545. The van der Waals surface area contributed by atoms with Crippen molar-refractivity contribution in [2.75, 3.05) is 7.11 Å². The first-order valence-corrected chi connectivity index (χ1v) is 6.62. The second kappa shape index (κ2) is 6.68. The number of allylic oxidation sites excluding steroid dienone is 1. The average Bonchev–Trinajstić information content (AvgIpc) is 2.52. The summed E-state index contributed by atoms with van der Waals surface area (Å²) in [6.45, 7) is 1.80. The molecule has 0 spiro atoms. The Morgan fingerprint density at radius 1 is 1.27 bits per heavy atom. The molecule has 110 valence electrons. The van der Waals surface area contributed by atoms with Crippen LogP contribution in [-0.2, 0) is 0 Å². The highest BCUT2D eigenvalue weighted by atomic mass is 19.1. The molecule has 0 aliphatic rings. The molecule has 22 heavy (non-hydrogen) atoms. The van der Waals surface area contributed by atoms with Gasteiger partial charge in [-0.05, 0) is 36.3 Å². The molecule has 0 N–H and O–H groups in total. The number of carbonyl (C=O) groups excluding carboxylic acids is 1. The van der Waals surface area contributed by atoms with Gasteiger partial charge in [0, 0.05) is 5.56 Å². The molecular formula is C18H14FNO2. The smallest absolute Gasteiger partial charge is 0.203 e. The lowest BCUT2D eigenvalue weighted by Crippen LogP contribution is -2.04. The van der Waals surface area contributed by atoms with Crippen molar-refractivity contribution in [3.05, 3.63) is 70.5 Å². The van der Waals surface area contributed by atoms with E-state index >= 15 is 0 Å². The lowest BCUT2D eigenvalue weighted by atomic mass is 9.98. The third kappa shape index (κ3) is 3.21. The number of rotatable bonds is 4. The zero-order chi connectivity index (χ0) is 16.1. The number of nitrogens with zero attached hydrogens (tertiary/aromatic N) is 1. The van der Waals surface area contributed by atoms with Gasteiger partial charge in [-0.25, -0.2) is 4.39 Å². The van der Waals surface area contributed by atoms with Crippen LogP contribution in [0.25, 0.3) is 6.08 Å². The first-order valence-electron chi connectivity index (χ1n) is 6.62. The van der Waals surface area contributed by atoms with Gasteiger partial charge in [-0.1, -0.05) is 30.3 Å². The van der Waals surface area contributed by atoms with Gasteiger partial charge in [-0.15, -0.1) is 0 Å². The standard InChI is InChI=1S/C18H14FNO2/c1-12-5-3-4-6-15(12)18(21)14(11-20)9-13-7-8-17(22-2)16(19)10-13/h3-10H,1-2H3/b14-9+. The molecule has 3 nitrogen and oxygen atoms in total. The van der Waals surface area contributed by atoms with Crippen LogP contribution in [-0.4, -0.2) is 12.9 Å². The van der Waals surface area contributed by atoms with E-state index < -0.39 is 5.82 Å². The zero-order valence-electron chi connectivity index (χ0n) is 12.3. The molecule has 2 aromatic rings. The van der Waals surface area contributed by atoms with E-state index in [1.807, 2.05) is 12.1 Å². The van der Waals surface area contributed by atoms with Crippen LogP contribution >= 0.6 is 0 Å². The molecule has 0 atom stereocenters. The number of methoxy groups -OCH3 is 1. The second-order valence-corrected chi connectivity index (χ2v) is 4.71. The van der Waals surface area contributed by atoms with E-state index in [0.717, 1.165) is 5.56 Å². The van der Waals surface area contributed by atoms with E-state index in [4.69, 9.17) is 4.74 Å². The van der Waals surface area contributed by atoms with Crippen LogP contribution in [0.3, 0.4) is 0 Å². The number of ether oxygens (including phenoxy) is 1. The zero-order valence-corrected chi connectivity index (χ0v) is 12.3. The number of Topliss-reactive ketones (excluding diaryl/α,β-unsaturated/α-hetero) is 1. The van der Waals surface area contributed by atoms with Crippen molar-refractivity contribution in [1.29, 1.82) is 5.26 Å². The summed E-state index contributed by atoms with van der Waals surface area (Å²) in [5.74, 6) is -0.811. The van der Waals surface area contributed by atoms with E-state index in [1.165, 1.54) is 25.3 Å². The summed E-state index contributed by atoms with van der Waals surface area (Å²) >= 11 is 0. The maximum atomic E-state index is 13.7. The fourth-order valence-electron chi connectivity index (χ4n) is 2.06. The average molecular weight is 295 g/mol. The summed E-state index contributed by atoms with van der Waals surface area (Å²) in [7, 11) is 1.37. The van der Waals surface area contributed by atoms with Crippen LogP contribution < -0.4 is 4.74 Å². The van der Waals surface area contributed by atoms with Crippen molar-refractivity contribution < 1.29 is 13.9 Å². The number of halogens is 1. The number of hydrogen-bond donors (Lipinski definition) is 0. The van der Waals surface area contributed by atoms with Crippen LogP contribution in [0.5, 0.6) is 5.75 Å². The Morgan fingerprint density at radius 3 is 2.59 bits per heavy atom. The van der Waals surface area contributed by atoms with Gasteiger partial charge in [0.2, 0.25) is 5.78 Å². The number of nitriles is 1. The lowest BCUT2D eigenvalue weighted by molar-refractivity contribution is 0.103. The molecule has 2 aromatic carbocycles. The van der Waals surface area contributed by atoms with Gasteiger partial charge in [-0.3, -0.25) is 4.79 Å². The van der Waals surface area contributed by atoms with Crippen molar-refractivity contribution in [3.8, 4) is 11.8 Å². The minimum Gasteiger partial charge on any atom is -0.494 e. The minimum absolute atomic E-state index is 0.0427. The Bertz CT molecular complexity index is 788. The monoisotopic (exact) mass is 295 g/mol. The molecule has 0 heterocycles. The molecule has 0 aliphatic carbocycles. The van der Waals surface area contributed by atoms with Gasteiger partial charge in [0.1, 0.15) is 11.6 Å². The van der Waals surface area contributed by atoms with Gasteiger partial charge < -0.3 is 4.74 Å².